The molecule has 0 saturated heterocycles. The van der Waals surface area contributed by atoms with Gasteiger partial charge in [-0.3, -0.25) is 0 Å². The molecule has 0 radical (unpaired) electrons. The maximum Gasteiger partial charge on any atom is 0.135 e. The highest BCUT2D eigenvalue weighted by Gasteiger charge is 2.00. The molecule has 0 saturated carbocycles. The van der Waals surface area contributed by atoms with Crippen LogP contribution in [0.1, 0.15) is 19.8 Å². The molecule has 13 heavy (non-hydrogen) atoms. The Morgan fingerprint density at radius 1 is 1.46 bits per heavy atom. The number of rotatable bonds is 4. The largest absolute Gasteiger partial charge is 0.492 e. The minimum Gasteiger partial charge on any atom is -0.492 e. The van der Waals surface area contributed by atoms with Gasteiger partial charge in [0.25, 0.3) is 0 Å². The zero-order chi connectivity index (χ0) is 9.68. The van der Waals surface area contributed by atoms with Crippen LogP contribution in [0.2, 0.25) is 0 Å². The molecule has 0 bridgehead atoms. The number of halogens is 1. The molecule has 2 nitrogen and oxygen atoms in total. The number of anilines is 1. The highest BCUT2D eigenvalue weighted by molar-refractivity contribution is 9.10. The van der Waals surface area contributed by atoms with Gasteiger partial charge < -0.3 is 10.5 Å². The van der Waals surface area contributed by atoms with E-state index in [2.05, 4.69) is 22.9 Å². The van der Waals surface area contributed by atoms with Gasteiger partial charge in [0.15, 0.2) is 0 Å². The Balaban J connectivity index is 2.59. The lowest BCUT2D eigenvalue weighted by Crippen LogP contribution is -1.97. The summed E-state index contributed by atoms with van der Waals surface area (Å²) < 4.78 is 6.49. The molecule has 0 aliphatic heterocycles. The van der Waals surface area contributed by atoms with Crippen LogP contribution in [0.5, 0.6) is 5.75 Å². The van der Waals surface area contributed by atoms with Crippen molar-refractivity contribution in [3.05, 3.63) is 22.7 Å². The van der Waals surface area contributed by atoms with Crippen molar-refractivity contribution in [2.24, 2.45) is 0 Å². The van der Waals surface area contributed by atoms with E-state index in [1.54, 1.807) is 0 Å². The van der Waals surface area contributed by atoms with E-state index in [1.165, 1.54) is 0 Å². The van der Waals surface area contributed by atoms with Crippen molar-refractivity contribution in [1.29, 1.82) is 0 Å². The summed E-state index contributed by atoms with van der Waals surface area (Å²) in [4.78, 5) is 0. The van der Waals surface area contributed by atoms with E-state index in [0.29, 0.717) is 0 Å². The molecule has 0 fully saturated rings. The van der Waals surface area contributed by atoms with Crippen LogP contribution in [0.15, 0.2) is 22.7 Å². The summed E-state index contributed by atoms with van der Waals surface area (Å²) in [5.41, 5.74) is 6.36. The van der Waals surface area contributed by atoms with Gasteiger partial charge in [0, 0.05) is 11.8 Å². The fraction of sp³-hybridized carbons (Fsp3) is 0.400. The Kier molecular flexibility index (Phi) is 4.09. The Morgan fingerprint density at radius 2 is 2.23 bits per heavy atom. The fourth-order valence-electron chi connectivity index (χ4n) is 0.957. The predicted molar refractivity (Wildman–Crippen MR) is 59.0 cm³/mol. The Bertz CT molecular complexity index is 276. The first kappa shape index (κ1) is 10.4. The fourth-order valence-corrected chi connectivity index (χ4v) is 1.32. The topological polar surface area (TPSA) is 35.2 Å². The van der Waals surface area contributed by atoms with Crippen molar-refractivity contribution in [1.82, 2.24) is 0 Å². The quantitative estimate of drug-likeness (QED) is 0.652. The number of unbranched alkanes of at least 4 members (excludes halogenated alkanes) is 1. The van der Waals surface area contributed by atoms with Crippen molar-refractivity contribution in [2.75, 3.05) is 12.3 Å². The summed E-state index contributed by atoms with van der Waals surface area (Å²) in [7, 11) is 0. The van der Waals surface area contributed by atoms with E-state index in [-0.39, 0.29) is 0 Å². The Labute approximate surface area is 87.2 Å². The first-order valence-corrected chi connectivity index (χ1v) is 5.21. The first-order chi connectivity index (χ1) is 6.24. The first-order valence-electron chi connectivity index (χ1n) is 4.42. The average Bonchev–Trinajstić information content (AvgIpc) is 2.11. The summed E-state index contributed by atoms with van der Waals surface area (Å²) in [6, 6.07) is 5.58. The van der Waals surface area contributed by atoms with E-state index >= 15 is 0 Å². The number of nitrogens with two attached hydrogens (primary N) is 1. The molecule has 2 N–H and O–H groups in total. The maximum absolute atomic E-state index is 5.63. The van der Waals surface area contributed by atoms with Gasteiger partial charge >= 0.3 is 0 Å². The van der Waals surface area contributed by atoms with Crippen LogP contribution >= 0.6 is 15.9 Å². The smallest absolute Gasteiger partial charge is 0.135 e. The Hall–Kier alpha value is -0.700. The number of ether oxygens (including phenoxy) is 1. The van der Waals surface area contributed by atoms with Crippen molar-refractivity contribution < 1.29 is 4.74 Å². The molecule has 0 unspecified atom stereocenters. The van der Waals surface area contributed by atoms with E-state index in [4.69, 9.17) is 10.5 Å². The third-order valence-electron chi connectivity index (χ3n) is 1.71. The molecule has 1 aromatic carbocycles. The SMILES string of the molecule is CCCCOc1cc(N)ccc1Br. The molecule has 0 atom stereocenters. The molecule has 3 heteroatoms. The minimum absolute atomic E-state index is 0.731. The van der Waals surface area contributed by atoms with Gasteiger partial charge in [-0.1, -0.05) is 13.3 Å². The zero-order valence-electron chi connectivity index (χ0n) is 7.72. The van der Waals surface area contributed by atoms with Crippen LogP contribution in [-0.4, -0.2) is 6.61 Å². The summed E-state index contributed by atoms with van der Waals surface area (Å²) in [5.74, 6) is 0.827. The number of benzene rings is 1. The van der Waals surface area contributed by atoms with Crippen LogP contribution in [0.4, 0.5) is 5.69 Å². The summed E-state index contributed by atoms with van der Waals surface area (Å²) >= 11 is 3.40. The molecule has 1 rings (SSSR count). The molecular formula is C10H14BrNO. The van der Waals surface area contributed by atoms with Gasteiger partial charge in [-0.05, 0) is 34.5 Å². The molecule has 1 aromatic rings. The highest BCUT2D eigenvalue weighted by atomic mass is 79.9. The van der Waals surface area contributed by atoms with E-state index in [9.17, 15) is 0 Å². The average molecular weight is 244 g/mol. The predicted octanol–water partition coefficient (Wildman–Crippen LogP) is 3.21. The van der Waals surface area contributed by atoms with Gasteiger partial charge in [0.1, 0.15) is 5.75 Å². The van der Waals surface area contributed by atoms with Crippen LogP contribution in [-0.2, 0) is 0 Å². The lowest BCUT2D eigenvalue weighted by molar-refractivity contribution is 0.307. The maximum atomic E-state index is 5.63. The summed E-state index contributed by atoms with van der Waals surface area (Å²) in [5, 5.41) is 0. The zero-order valence-corrected chi connectivity index (χ0v) is 9.30. The van der Waals surface area contributed by atoms with E-state index in [1.807, 2.05) is 18.2 Å². The van der Waals surface area contributed by atoms with Crippen LogP contribution < -0.4 is 10.5 Å². The number of nitrogen functional groups attached to an aromatic ring is 1. The second kappa shape index (κ2) is 5.12. The van der Waals surface area contributed by atoms with Gasteiger partial charge in [-0.15, -0.1) is 0 Å². The Morgan fingerprint density at radius 3 is 2.92 bits per heavy atom. The van der Waals surface area contributed by atoms with Gasteiger partial charge in [-0.2, -0.15) is 0 Å². The molecule has 0 spiro atoms. The molecule has 72 valence electrons. The van der Waals surface area contributed by atoms with Crippen molar-refractivity contribution in [2.45, 2.75) is 19.8 Å². The van der Waals surface area contributed by atoms with Crippen LogP contribution in [0, 0.1) is 0 Å². The molecule has 0 aliphatic rings. The summed E-state index contributed by atoms with van der Waals surface area (Å²) in [6.45, 7) is 2.89. The lowest BCUT2D eigenvalue weighted by atomic mass is 10.3. The number of hydrogen-bond donors (Lipinski definition) is 1. The molecule has 0 aliphatic carbocycles. The third kappa shape index (κ3) is 3.27. The molecule has 0 aromatic heterocycles. The highest BCUT2D eigenvalue weighted by Crippen LogP contribution is 2.27. The van der Waals surface area contributed by atoms with Crippen LogP contribution in [0.25, 0.3) is 0 Å². The van der Waals surface area contributed by atoms with Crippen molar-refractivity contribution in [3.63, 3.8) is 0 Å². The van der Waals surface area contributed by atoms with E-state index < -0.39 is 0 Å². The molecule has 0 heterocycles. The van der Waals surface area contributed by atoms with Crippen LogP contribution in [0.3, 0.4) is 0 Å². The van der Waals surface area contributed by atoms with Crippen molar-refractivity contribution >= 4 is 21.6 Å². The molecule has 0 amide bonds. The molecular weight excluding hydrogens is 230 g/mol. The van der Waals surface area contributed by atoms with Gasteiger partial charge in [0.2, 0.25) is 0 Å². The van der Waals surface area contributed by atoms with E-state index in [0.717, 1.165) is 35.4 Å². The van der Waals surface area contributed by atoms with Gasteiger partial charge in [-0.25, -0.2) is 0 Å². The monoisotopic (exact) mass is 243 g/mol. The number of hydrogen-bond acceptors (Lipinski definition) is 2. The van der Waals surface area contributed by atoms with Crippen molar-refractivity contribution in [3.8, 4) is 5.75 Å². The second-order valence-corrected chi connectivity index (χ2v) is 3.75. The lowest BCUT2D eigenvalue weighted by Gasteiger charge is -2.07. The normalized spacial score (nSPS) is 10.0. The van der Waals surface area contributed by atoms with Gasteiger partial charge in [0.05, 0.1) is 11.1 Å². The standard InChI is InChI=1S/C10H14BrNO/c1-2-3-6-13-10-7-8(12)4-5-9(10)11/h4-5,7H,2-3,6,12H2,1H3. The minimum atomic E-state index is 0.731. The summed E-state index contributed by atoms with van der Waals surface area (Å²) in [6.07, 6.45) is 2.21. The second-order valence-electron chi connectivity index (χ2n) is 2.89. The third-order valence-corrected chi connectivity index (χ3v) is 2.37.